The molecule has 0 atom stereocenters. The normalized spacial score (nSPS) is 10.5. The number of aromatic nitrogens is 5. The van der Waals surface area contributed by atoms with Crippen molar-refractivity contribution >= 4 is 5.97 Å². The molecule has 0 radical (unpaired) electrons. The van der Waals surface area contributed by atoms with E-state index in [4.69, 9.17) is 5.11 Å². The van der Waals surface area contributed by atoms with Crippen LogP contribution in [0.25, 0.3) is 0 Å². The largest absolute Gasteiger partial charge is 0.481 e. The maximum Gasteiger partial charge on any atom is 0.309 e. The predicted molar refractivity (Wildman–Crippen MR) is 53.6 cm³/mol. The molecular formula is C9H11N5O2. The number of carbonyl (C=O) groups is 1. The molecule has 1 N–H and O–H groups in total. The van der Waals surface area contributed by atoms with Gasteiger partial charge in [0, 0.05) is 18.6 Å². The summed E-state index contributed by atoms with van der Waals surface area (Å²) in [5.41, 5.74) is 0.466. The highest BCUT2D eigenvalue weighted by molar-refractivity contribution is 5.69. The summed E-state index contributed by atoms with van der Waals surface area (Å²) in [5, 5.41) is 20.2. The maximum absolute atomic E-state index is 10.4. The zero-order valence-corrected chi connectivity index (χ0v) is 8.52. The van der Waals surface area contributed by atoms with Crippen molar-refractivity contribution in [1.82, 2.24) is 24.8 Å². The van der Waals surface area contributed by atoms with Gasteiger partial charge in [-0.15, -0.1) is 5.10 Å². The van der Waals surface area contributed by atoms with Gasteiger partial charge in [0.25, 0.3) is 0 Å². The molecule has 16 heavy (non-hydrogen) atoms. The molecule has 0 saturated carbocycles. The Morgan fingerprint density at radius 3 is 2.88 bits per heavy atom. The zero-order chi connectivity index (χ0) is 11.4. The van der Waals surface area contributed by atoms with Gasteiger partial charge in [0.2, 0.25) is 0 Å². The minimum atomic E-state index is -0.904. The second-order valence-electron chi connectivity index (χ2n) is 3.31. The molecule has 0 saturated heterocycles. The molecule has 7 nitrogen and oxygen atoms in total. The Labute approximate surface area is 91.3 Å². The molecule has 0 aliphatic carbocycles. The molecule has 2 aromatic heterocycles. The van der Waals surface area contributed by atoms with Gasteiger partial charge < -0.3 is 5.11 Å². The lowest BCUT2D eigenvalue weighted by Gasteiger charge is -2.00. The van der Waals surface area contributed by atoms with E-state index in [1.165, 1.54) is 0 Å². The number of aliphatic carboxylic acids is 1. The van der Waals surface area contributed by atoms with Crippen LogP contribution in [0.4, 0.5) is 0 Å². The van der Waals surface area contributed by atoms with Crippen LogP contribution in [-0.2, 0) is 24.3 Å². The predicted octanol–water partition coefficient (Wildman–Crippen LogP) is -0.198. The third kappa shape index (κ3) is 2.66. The van der Waals surface area contributed by atoms with Gasteiger partial charge in [-0.3, -0.25) is 14.2 Å². The van der Waals surface area contributed by atoms with Crippen molar-refractivity contribution in [2.45, 2.75) is 19.5 Å². The molecule has 84 valence electrons. The van der Waals surface area contributed by atoms with Gasteiger partial charge >= 0.3 is 5.97 Å². The Kier molecular flexibility index (Phi) is 2.95. The Balaban J connectivity index is 1.90. The molecule has 0 aromatic carbocycles. The lowest BCUT2D eigenvalue weighted by molar-refractivity contribution is -0.136. The smallest absolute Gasteiger partial charge is 0.309 e. The first-order chi connectivity index (χ1) is 7.74. The second-order valence-corrected chi connectivity index (χ2v) is 3.31. The molecule has 0 spiro atoms. The van der Waals surface area contributed by atoms with E-state index < -0.39 is 5.97 Å². The van der Waals surface area contributed by atoms with Gasteiger partial charge in [-0.05, 0) is 6.07 Å². The summed E-state index contributed by atoms with van der Waals surface area (Å²) in [5.74, 6) is -0.904. The van der Waals surface area contributed by atoms with Crippen LogP contribution >= 0.6 is 0 Å². The van der Waals surface area contributed by atoms with Crippen LogP contribution in [0.15, 0.2) is 24.7 Å². The topological polar surface area (TPSA) is 85.8 Å². The Morgan fingerprint density at radius 1 is 1.38 bits per heavy atom. The van der Waals surface area contributed by atoms with Crippen LogP contribution in [0, 0.1) is 0 Å². The van der Waals surface area contributed by atoms with E-state index in [1.807, 2.05) is 12.3 Å². The lowest BCUT2D eigenvalue weighted by Crippen LogP contribution is -2.08. The molecule has 0 unspecified atom stereocenters. The third-order valence-electron chi connectivity index (χ3n) is 2.04. The van der Waals surface area contributed by atoms with Crippen molar-refractivity contribution in [1.29, 1.82) is 0 Å². The van der Waals surface area contributed by atoms with Crippen LogP contribution in [0.5, 0.6) is 0 Å². The third-order valence-corrected chi connectivity index (χ3v) is 2.04. The number of aryl methyl sites for hydroxylation is 2. The van der Waals surface area contributed by atoms with Gasteiger partial charge in [-0.2, -0.15) is 5.10 Å². The molecule has 7 heteroatoms. The van der Waals surface area contributed by atoms with E-state index in [2.05, 4.69) is 15.4 Å². The molecule has 0 bridgehead atoms. The Morgan fingerprint density at radius 2 is 2.19 bits per heavy atom. The molecule has 2 heterocycles. The van der Waals surface area contributed by atoms with Crippen molar-refractivity contribution < 1.29 is 9.90 Å². The first-order valence-corrected chi connectivity index (χ1v) is 4.82. The molecule has 0 amide bonds. The monoisotopic (exact) mass is 221 g/mol. The second kappa shape index (κ2) is 4.56. The first kappa shape index (κ1) is 10.3. The van der Waals surface area contributed by atoms with E-state index in [1.54, 1.807) is 21.8 Å². The van der Waals surface area contributed by atoms with Crippen LogP contribution in [0.2, 0.25) is 0 Å². The molecule has 0 fully saturated rings. The summed E-state index contributed by atoms with van der Waals surface area (Å²) < 4.78 is 3.39. The average Bonchev–Trinajstić information content (AvgIpc) is 2.84. The SMILES string of the molecule is O=C(O)Cc1cn(CCn2cccn2)nn1. The lowest BCUT2D eigenvalue weighted by atomic mass is 10.3. The van der Waals surface area contributed by atoms with Crippen molar-refractivity contribution in [2.24, 2.45) is 0 Å². The highest BCUT2D eigenvalue weighted by Gasteiger charge is 2.05. The minimum Gasteiger partial charge on any atom is -0.481 e. The molecule has 0 aliphatic heterocycles. The van der Waals surface area contributed by atoms with Gasteiger partial charge in [-0.25, -0.2) is 0 Å². The van der Waals surface area contributed by atoms with Crippen LogP contribution in [-0.4, -0.2) is 35.9 Å². The molecule has 2 aromatic rings. The van der Waals surface area contributed by atoms with Crippen molar-refractivity contribution in [3.63, 3.8) is 0 Å². The number of hydrogen-bond acceptors (Lipinski definition) is 4. The van der Waals surface area contributed by atoms with Crippen molar-refractivity contribution in [2.75, 3.05) is 0 Å². The number of carboxylic acid groups (broad SMARTS) is 1. The van der Waals surface area contributed by atoms with E-state index in [0.717, 1.165) is 0 Å². The van der Waals surface area contributed by atoms with E-state index in [-0.39, 0.29) is 6.42 Å². The quantitative estimate of drug-likeness (QED) is 0.755. The summed E-state index contributed by atoms with van der Waals surface area (Å²) in [6.45, 7) is 1.30. The molecule has 0 aliphatic rings. The molecule has 2 rings (SSSR count). The van der Waals surface area contributed by atoms with Gasteiger partial charge in [0.15, 0.2) is 0 Å². The van der Waals surface area contributed by atoms with E-state index >= 15 is 0 Å². The number of nitrogens with zero attached hydrogens (tertiary/aromatic N) is 5. The fourth-order valence-electron chi connectivity index (χ4n) is 1.32. The van der Waals surface area contributed by atoms with Gasteiger partial charge in [0.05, 0.1) is 25.2 Å². The van der Waals surface area contributed by atoms with E-state index in [9.17, 15) is 4.79 Å². The van der Waals surface area contributed by atoms with Crippen molar-refractivity contribution in [3.05, 3.63) is 30.4 Å². The fourth-order valence-corrected chi connectivity index (χ4v) is 1.32. The first-order valence-electron chi connectivity index (χ1n) is 4.82. The summed E-state index contributed by atoms with van der Waals surface area (Å²) in [4.78, 5) is 10.4. The standard InChI is InChI=1S/C9H11N5O2/c15-9(16)6-8-7-14(12-11-8)5-4-13-3-1-2-10-13/h1-3,7H,4-6H2,(H,15,16). The number of hydrogen-bond donors (Lipinski definition) is 1. The van der Waals surface area contributed by atoms with Crippen LogP contribution in [0.1, 0.15) is 5.69 Å². The van der Waals surface area contributed by atoms with Crippen LogP contribution < -0.4 is 0 Å². The fraction of sp³-hybridized carbons (Fsp3) is 0.333. The summed E-state index contributed by atoms with van der Waals surface area (Å²) in [7, 11) is 0. The maximum atomic E-state index is 10.4. The zero-order valence-electron chi connectivity index (χ0n) is 8.52. The summed E-state index contributed by atoms with van der Waals surface area (Å²) in [6, 6.07) is 1.84. The van der Waals surface area contributed by atoms with Crippen LogP contribution in [0.3, 0.4) is 0 Å². The Bertz CT molecular complexity index is 462. The van der Waals surface area contributed by atoms with Crippen molar-refractivity contribution in [3.8, 4) is 0 Å². The van der Waals surface area contributed by atoms with E-state index in [0.29, 0.717) is 18.8 Å². The Hall–Kier alpha value is -2.18. The average molecular weight is 221 g/mol. The number of carboxylic acids is 1. The highest BCUT2D eigenvalue weighted by atomic mass is 16.4. The van der Waals surface area contributed by atoms with Gasteiger partial charge in [0.1, 0.15) is 0 Å². The molecular weight excluding hydrogens is 210 g/mol. The number of rotatable bonds is 5. The minimum absolute atomic E-state index is 0.0955. The summed E-state index contributed by atoms with van der Waals surface area (Å²) >= 11 is 0. The summed E-state index contributed by atoms with van der Waals surface area (Å²) in [6.07, 6.45) is 5.10. The van der Waals surface area contributed by atoms with Gasteiger partial charge in [-0.1, -0.05) is 5.21 Å². The highest BCUT2D eigenvalue weighted by Crippen LogP contribution is 1.95.